The Morgan fingerprint density at radius 2 is 1.89 bits per heavy atom. The fourth-order valence-corrected chi connectivity index (χ4v) is 1.89. The van der Waals surface area contributed by atoms with Crippen LogP contribution < -0.4 is 5.32 Å². The van der Waals surface area contributed by atoms with Gasteiger partial charge in [0.25, 0.3) is 0 Å². The molecular weight excluding hydrogens is 296 g/mol. The molecule has 0 amide bonds. The van der Waals surface area contributed by atoms with E-state index in [0.29, 0.717) is 12.1 Å². The van der Waals surface area contributed by atoms with Crippen LogP contribution in [-0.2, 0) is 11.2 Å². The van der Waals surface area contributed by atoms with Crippen molar-refractivity contribution >= 4 is 36.4 Å². The van der Waals surface area contributed by atoms with Crippen LogP contribution in [0.3, 0.4) is 0 Å². The van der Waals surface area contributed by atoms with E-state index in [9.17, 15) is 0 Å². The van der Waals surface area contributed by atoms with Gasteiger partial charge in [-0.15, -0.1) is 24.8 Å². The average molecular weight is 317 g/mol. The van der Waals surface area contributed by atoms with E-state index in [0.717, 1.165) is 24.6 Å². The van der Waals surface area contributed by atoms with E-state index in [1.54, 1.807) is 0 Å². The third kappa shape index (κ3) is 6.23. The maximum Gasteiger partial charge on any atom is 0.0672 e. The summed E-state index contributed by atoms with van der Waals surface area (Å²) in [6.45, 7) is 3.83. The maximum atomic E-state index is 5.83. The minimum Gasteiger partial charge on any atom is -0.412 e. The fourth-order valence-electron chi connectivity index (χ4n) is 1.77. The zero-order chi connectivity index (χ0) is 10.7. The molecule has 0 aromatic heterocycles. The summed E-state index contributed by atoms with van der Waals surface area (Å²) >= 11 is 5.83. The predicted molar refractivity (Wildman–Crippen MR) is 80.5 cm³/mol. The Morgan fingerprint density at radius 1 is 1.28 bits per heavy atom. The molecule has 3 nitrogen and oxygen atoms in total. The molecule has 2 atom stereocenters. The maximum absolute atomic E-state index is 5.83. The summed E-state index contributed by atoms with van der Waals surface area (Å²) in [5, 5.41) is 4.27. The highest BCUT2D eigenvalue weighted by molar-refractivity contribution is 6.30. The SMILES string of the molecule is C[C@H]1CN[C@@H](Cc2ccc(Cl)cc2)CO1.Cl.Cl.O. The predicted octanol–water partition coefficient (Wildman–Crippen LogP) is 2.28. The zero-order valence-electron chi connectivity index (χ0n) is 10.2. The van der Waals surface area contributed by atoms with E-state index in [2.05, 4.69) is 24.4 Å². The second kappa shape index (κ2) is 9.84. The highest BCUT2D eigenvalue weighted by Gasteiger charge is 2.17. The lowest BCUT2D eigenvalue weighted by Crippen LogP contribution is -2.46. The van der Waals surface area contributed by atoms with Gasteiger partial charge in [0.2, 0.25) is 0 Å². The van der Waals surface area contributed by atoms with Crippen LogP contribution in [0, 0.1) is 0 Å². The minimum atomic E-state index is 0. The van der Waals surface area contributed by atoms with Gasteiger partial charge in [-0.2, -0.15) is 0 Å². The number of morpholine rings is 1. The van der Waals surface area contributed by atoms with Gasteiger partial charge in [-0.25, -0.2) is 0 Å². The van der Waals surface area contributed by atoms with Crippen molar-refractivity contribution in [3.63, 3.8) is 0 Å². The van der Waals surface area contributed by atoms with Gasteiger partial charge in [-0.05, 0) is 31.0 Å². The van der Waals surface area contributed by atoms with Gasteiger partial charge >= 0.3 is 0 Å². The highest BCUT2D eigenvalue weighted by atomic mass is 35.5. The molecule has 1 aliphatic rings. The van der Waals surface area contributed by atoms with E-state index in [1.807, 2.05) is 12.1 Å². The van der Waals surface area contributed by atoms with E-state index in [-0.39, 0.29) is 30.3 Å². The van der Waals surface area contributed by atoms with Crippen LogP contribution in [0.1, 0.15) is 12.5 Å². The summed E-state index contributed by atoms with van der Waals surface area (Å²) in [4.78, 5) is 0. The second-order valence-corrected chi connectivity index (χ2v) is 4.52. The molecule has 1 aromatic rings. The topological polar surface area (TPSA) is 52.8 Å². The summed E-state index contributed by atoms with van der Waals surface area (Å²) in [6.07, 6.45) is 1.34. The molecule has 3 N–H and O–H groups in total. The Bertz CT molecular complexity index is 314. The molecule has 1 fully saturated rings. The molecule has 1 aromatic carbocycles. The van der Waals surface area contributed by atoms with Crippen molar-refractivity contribution in [2.45, 2.75) is 25.5 Å². The normalized spacial score (nSPS) is 22.1. The first-order valence-corrected chi connectivity index (χ1v) is 5.71. The van der Waals surface area contributed by atoms with Crippen LogP contribution in [0.5, 0.6) is 0 Å². The number of rotatable bonds is 2. The van der Waals surface area contributed by atoms with Crippen LogP contribution >= 0.6 is 36.4 Å². The molecule has 0 bridgehead atoms. The standard InChI is InChI=1S/C12H16ClNO.2ClH.H2O/c1-9-7-14-12(8-15-9)6-10-2-4-11(13)5-3-10;;;/h2-5,9,12,14H,6-8H2,1H3;2*1H;1H2/t9-,12-;;;/m0.../s1. The van der Waals surface area contributed by atoms with Crippen LogP contribution in [0.2, 0.25) is 5.02 Å². The molecule has 106 valence electrons. The lowest BCUT2D eigenvalue weighted by Gasteiger charge is -2.28. The molecule has 0 aliphatic carbocycles. The van der Waals surface area contributed by atoms with Crippen molar-refractivity contribution in [3.8, 4) is 0 Å². The number of halogens is 3. The van der Waals surface area contributed by atoms with Crippen LogP contribution in [0.25, 0.3) is 0 Å². The number of nitrogens with one attached hydrogen (secondary N) is 1. The number of hydrogen-bond donors (Lipinski definition) is 1. The molecule has 0 unspecified atom stereocenters. The minimum absolute atomic E-state index is 0. The monoisotopic (exact) mass is 315 g/mol. The summed E-state index contributed by atoms with van der Waals surface area (Å²) in [5.41, 5.74) is 1.30. The second-order valence-electron chi connectivity index (χ2n) is 4.08. The first-order valence-electron chi connectivity index (χ1n) is 5.33. The highest BCUT2D eigenvalue weighted by Crippen LogP contribution is 2.12. The van der Waals surface area contributed by atoms with Gasteiger partial charge in [-0.3, -0.25) is 0 Å². The van der Waals surface area contributed by atoms with Crippen molar-refractivity contribution in [2.75, 3.05) is 13.2 Å². The largest absolute Gasteiger partial charge is 0.412 e. The molecular formula is C12H20Cl3NO2. The van der Waals surface area contributed by atoms with Gasteiger partial charge in [0, 0.05) is 17.6 Å². The van der Waals surface area contributed by atoms with Crippen molar-refractivity contribution in [1.82, 2.24) is 5.32 Å². The summed E-state index contributed by atoms with van der Waals surface area (Å²) in [7, 11) is 0. The summed E-state index contributed by atoms with van der Waals surface area (Å²) < 4.78 is 5.60. The Balaban J connectivity index is 0. The lowest BCUT2D eigenvalue weighted by atomic mass is 10.1. The first kappa shape index (κ1) is 20.3. The Morgan fingerprint density at radius 3 is 2.39 bits per heavy atom. The van der Waals surface area contributed by atoms with E-state index in [4.69, 9.17) is 16.3 Å². The van der Waals surface area contributed by atoms with Gasteiger partial charge < -0.3 is 15.5 Å². The van der Waals surface area contributed by atoms with Crippen molar-refractivity contribution < 1.29 is 10.2 Å². The Kier molecular flexibility index (Phi) is 11.1. The fraction of sp³-hybridized carbons (Fsp3) is 0.500. The van der Waals surface area contributed by atoms with Crippen LogP contribution in [-0.4, -0.2) is 30.8 Å². The zero-order valence-corrected chi connectivity index (χ0v) is 12.6. The average Bonchev–Trinajstić information content (AvgIpc) is 2.25. The van der Waals surface area contributed by atoms with Crippen LogP contribution in [0.4, 0.5) is 0 Å². The first-order chi connectivity index (χ1) is 7.24. The van der Waals surface area contributed by atoms with Gasteiger partial charge in [0.05, 0.1) is 12.7 Å². The van der Waals surface area contributed by atoms with Gasteiger partial charge in [-0.1, -0.05) is 23.7 Å². The molecule has 0 radical (unpaired) electrons. The van der Waals surface area contributed by atoms with Gasteiger partial charge in [0.15, 0.2) is 0 Å². The van der Waals surface area contributed by atoms with Crippen molar-refractivity contribution in [2.24, 2.45) is 0 Å². The molecule has 0 spiro atoms. The molecule has 1 saturated heterocycles. The van der Waals surface area contributed by atoms with Crippen molar-refractivity contribution in [1.29, 1.82) is 0 Å². The van der Waals surface area contributed by atoms with E-state index < -0.39 is 0 Å². The van der Waals surface area contributed by atoms with E-state index >= 15 is 0 Å². The van der Waals surface area contributed by atoms with Crippen LogP contribution in [0.15, 0.2) is 24.3 Å². The molecule has 2 rings (SSSR count). The molecule has 18 heavy (non-hydrogen) atoms. The summed E-state index contributed by atoms with van der Waals surface area (Å²) in [6, 6.07) is 8.44. The molecule has 6 heteroatoms. The Hall–Kier alpha value is -0.0300. The van der Waals surface area contributed by atoms with Gasteiger partial charge in [0.1, 0.15) is 0 Å². The number of benzene rings is 1. The smallest absolute Gasteiger partial charge is 0.0672 e. The molecule has 0 saturated carbocycles. The number of ether oxygens (including phenoxy) is 1. The number of hydrogen-bond acceptors (Lipinski definition) is 2. The Labute approximate surface area is 125 Å². The van der Waals surface area contributed by atoms with E-state index in [1.165, 1.54) is 5.56 Å². The molecule has 1 aliphatic heterocycles. The van der Waals surface area contributed by atoms with Crippen molar-refractivity contribution in [3.05, 3.63) is 34.9 Å². The molecule has 1 heterocycles. The lowest BCUT2D eigenvalue weighted by molar-refractivity contribution is 0.0155. The quantitative estimate of drug-likeness (QED) is 0.910. The summed E-state index contributed by atoms with van der Waals surface area (Å²) in [5.74, 6) is 0. The third-order valence-electron chi connectivity index (χ3n) is 2.67. The third-order valence-corrected chi connectivity index (χ3v) is 2.92.